The van der Waals surface area contributed by atoms with Crippen molar-refractivity contribution < 1.29 is 24.5 Å². The van der Waals surface area contributed by atoms with Crippen LogP contribution in [0.25, 0.3) is 0 Å². The molecular weight excluding hydrogens is 354 g/mol. The summed E-state index contributed by atoms with van der Waals surface area (Å²) in [5.74, 6) is -3.46. The van der Waals surface area contributed by atoms with Crippen molar-refractivity contribution in [1.29, 1.82) is 0 Å². The third-order valence-corrected chi connectivity index (χ3v) is 3.75. The first-order chi connectivity index (χ1) is 12.4. The van der Waals surface area contributed by atoms with E-state index in [-0.39, 0.29) is 0 Å². The normalized spacial score (nSPS) is 8.92. The van der Waals surface area contributed by atoms with Crippen LogP contribution in [0.15, 0.2) is 58.3 Å². The first kappa shape index (κ1) is 23.3. The lowest BCUT2D eigenvalue weighted by Crippen LogP contribution is -2.42. The number of rotatable bonds is 4. The zero-order valence-corrected chi connectivity index (χ0v) is 16.1. The number of methoxy groups -OCH3 is 1. The van der Waals surface area contributed by atoms with Crippen molar-refractivity contribution >= 4 is 29.4 Å². The van der Waals surface area contributed by atoms with Crippen LogP contribution in [0.1, 0.15) is 20.3 Å². The van der Waals surface area contributed by atoms with Gasteiger partial charge in [0.05, 0.1) is 23.9 Å². The molecule has 0 fully saturated rings. The zero-order chi connectivity index (χ0) is 19.9. The molecule has 0 aliphatic rings. The fraction of sp³-hybridized carbons (Fsp3) is 0.263. The van der Waals surface area contributed by atoms with Gasteiger partial charge in [0.2, 0.25) is 0 Å². The Bertz CT molecular complexity index is 634. The molecule has 0 atom stereocenters. The molecule has 0 bridgehead atoms. The second-order valence-electron chi connectivity index (χ2n) is 4.78. The average Bonchev–Trinajstić information content (AvgIpc) is 2.63. The number of nitrogens with one attached hydrogen (secondary N) is 1. The molecule has 0 radical (unpaired) electrons. The topological polar surface area (TPSA) is 102 Å². The minimum absolute atomic E-state index is 0.906. The molecule has 0 unspecified atom stereocenters. The fourth-order valence-electron chi connectivity index (χ4n) is 1.58. The monoisotopic (exact) mass is 377 g/mol. The molecule has 0 amide bonds. The van der Waals surface area contributed by atoms with E-state index in [1.165, 1.54) is 11.3 Å². The third kappa shape index (κ3) is 8.98. The van der Waals surface area contributed by atoms with Crippen LogP contribution in [0.3, 0.4) is 0 Å². The van der Waals surface area contributed by atoms with Gasteiger partial charge in [0.1, 0.15) is 5.75 Å². The summed E-state index contributed by atoms with van der Waals surface area (Å²) >= 11 is 1.70. The maximum atomic E-state index is 8.93. The minimum atomic E-state index is -2.19. The number of carbonyl (C=O) groups is 2. The molecule has 0 aliphatic carbocycles. The number of hydrogen-bond donors (Lipinski definition) is 1. The molecule has 26 heavy (non-hydrogen) atoms. The fourth-order valence-corrected chi connectivity index (χ4v) is 2.65. The summed E-state index contributed by atoms with van der Waals surface area (Å²) in [6.45, 7) is 4.25. The van der Waals surface area contributed by atoms with Crippen LogP contribution in [0.2, 0.25) is 0 Å². The lowest BCUT2D eigenvalue weighted by atomic mass is 10.3. The largest absolute Gasteiger partial charge is 0.543 e. The van der Waals surface area contributed by atoms with Crippen molar-refractivity contribution in [2.75, 3.05) is 19.5 Å². The zero-order valence-electron chi connectivity index (χ0n) is 15.3. The van der Waals surface area contributed by atoms with Crippen molar-refractivity contribution in [3.63, 3.8) is 0 Å². The highest BCUT2D eigenvalue weighted by atomic mass is 32.2. The molecule has 0 saturated carbocycles. The number of benzene rings is 2. The molecular formula is C19H23NO5S-2. The number of anilines is 1. The van der Waals surface area contributed by atoms with Gasteiger partial charge in [-0.15, -0.1) is 0 Å². The highest BCUT2D eigenvalue weighted by Gasteiger charge is 2.06. The van der Waals surface area contributed by atoms with Gasteiger partial charge in [-0.05, 0) is 24.3 Å². The van der Waals surface area contributed by atoms with Gasteiger partial charge in [-0.3, -0.25) is 0 Å². The highest BCUT2D eigenvalue weighted by molar-refractivity contribution is 7.99. The van der Waals surface area contributed by atoms with Gasteiger partial charge in [0, 0.05) is 17.6 Å². The smallest absolute Gasteiger partial charge is 0.132 e. The third-order valence-electron chi connectivity index (χ3n) is 2.61. The summed E-state index contributed by atoms with van der Waals surface area (Å²) in [7, 11) is 3.63. The van der Waals surface area contributed by atoms with Gasteiger partial charge in [-0.25, -0.2) is 0 Å². The molecule has 0 saturated heterocycles. The second-order valence-corrected chi connectivity index (χ2v) is 5.86. The maximum absolute atomic E-state index is 8.93. The van der Waals surface area contributed by atoms with Crippen LogP contribution in [0.4, 0.5) is 5.69 Å². The van der Waals surface area contributed by atoms with Gasteiger partial charge in [0.25, 0.3) is 0 Å². The van der Waals surface area contributed by atoms with Crippen molar-refractivity contribution in [2.45, 2.75) is 30.1 Å². The van der Waals surface area contributed by atoms with Gasteiger partial charge in [-0.2, -0.15) is 0 Å². The lowest BCUT2D eigenvalue weighted by molar-refractivity contribution is -0.345. The highest BCUT2D eigenvalue weighted by Crippen LogP contribution is 2.37. The van der Waals surface area contributed by atoms with E-state index in [2.05, 4.69) is 37.4 Å². The Morgan fingerprint density at radius 1 is 0.962 bits per heavy atom. The van der Waals surface area contributed by atoms with E-state index in [9.17, 15) is 0 Å². The predicted molar refractivity (Wildman–Crippen MR) is 99.1 cm³/mol. The van der Waals surface area contributed by atoms with Crippen LogP contribution in [-0.4, -0.2) is 26.1 Å². The number of ether oxygens (including phenoxy) is 1. The van der Waals surface area contributed by atoms with E-state index < -0.39 is 11.9 Å². The van der Waals surface area contributed by atoms with E-state index in [0.717, 1.165) is 16.3 Å². The van der Waals surface area contributed by atoms with Crippen LogP contribution < -0.4 is 20.3 Å². The summed E-state index contributed by atoms with van der Waals surface area (Å²) in [6, 6.07) is 16.3. The van der Waals surface area contributed by atoms with Crippen molar-refractivity contribution in [3.8, 4) is 5.75 Å². The second kappa shape index (κ2) is 13.6. The van der Waals surface area contributed by atoms with Crippen molar-refractivity contribution in [2.24, 2.45) is 0 Å². The molecule has 6 nitrogen and oxygen atoms in total. The summed E-state index contributed by atoms with van der Waals surface area (Å²) in [5.41, 5.74) is 1.13. The van der Waals surface area contributed by atoms with E-state index in [4.69, 9.17) is 24.5 Å². The van der Waals surface area contributed by atoms with Gasteiger partial charge >= 0.3 is 0 Å². The van der Waals surface area contributed by atoms with Gasteiger partial charge < -0.3 is 29.9 Å². The minimum Gasteiger partial charge on any atom is -0.543 e. The number of carboxylic acids is 2. The number of aliphatic carboxylic acids is 2. The Kier molecular flexibility index (Phi) is 12.2. The summed E-state index contributed by atoms with van der Waals surface area (Å²) in [4.78, 5) is 20.2. The number of carbonyl (C=O) groups excluding carboxylic acids is 2. The molecule has 0 aromatic heterocycles. The first-order valence-electron chi connectivity index (χ1n) is 7.91. The Labute approximate surface area is 158 Å². The Morgan fingerprint density at radius 3 is 1.88 bits per heavy atom. The number of hydrogen-bond acceptors (Lipinski definition) is 7. The molecule has 142 valence electrons. The summed E-state index contributed by atoms with van der Waals surface area (Å²) < 4.78 is 5.35. The molecule has 0 heterocycles. The van der Waals surface area contributed by atoms with E-state index in [1.54, 1.807) is 18.9 Å². The summed E-state index contributed by atoms with van der Waals surface area (Å²) in [6.07, 6.45) is 1.25. The van der Waals surface area contributed by atoms with Crippen LogP contribution in [0.5, 0.6) is 5.75 Å². The molecule has 2 rings (SSSR count). The van der Waals surface area contributed by atoms with Crippen LogP contribution >= 0.6 is 11.8 Å². The van der Waals surface area contributed by atoms with Crippen LogP contribution in [0, 0.1) is 0 Å². The molecule has 1 N–H and O–H groups in total. The predicted octanol–water partition coefficient (Wildman–Crippen LogP) is 1.79. The van der Waals surface area contributed by atoms with E-state index in [1.807, 2.05) is 37.4 Å². The Hall–Kier alpha value is -2.67. The Balaban J connectivity index is 0.000000584. The molecule has 0 spiro atoms. The lowest BCUT2D eigenvalue weighted by Gasteiger charge is -2.10. The van der Waals surface area contributed by atoms with Crippen molar-refractivity contribution in [3.05, 3.63) is 48.5 Å². The van der Waals surface area contributed by atoms with Gasteiger partial charge in [0.15, 0.2) is 0 Å². The van der Waals surface area contributed by atoms with Crippen LogP contribution in [-0.2, 0) is 9.59 Å². The molecule has 2 aromatic rings. The first-order valence-corrected chi connectivity index (χ1v) is 8.72. The SMILES string of the molecule is CCC.CNc1ccccc1Sc1ccccc1OC.O=C([O-])C(=O)[O-]. The quantitative estimate of drug-likeness (QED) is 0.811. The average molecular weight is 377 g/mol. The maximum Gasteiger partial charge on any atom is 0.132 e. The summed E-state index contributed by atoms with van der Waals surface area (Å²) in [5, 5.41) is 21.0. The Morgan fingerprint density at radius 2 is 1.42 bits per heavy atom. The van der Waals surface area contributed by atoms with E-state index in [0.29, 0.717) is 0 Å². The standard InChI is InChI=1S/C14H15NOS.C3H8.C2H2O4/c1-15-11-7-3-5-9-13(11)17-14-10-6-4-8-12(14)16-2;1-3-2;3-1(4)2(5)6/h3-10,15H,1-2H3;3H2,1-2H3;(H,3,4)(H,5,6)/p-2. The van der Waals surface area contributed by atoms with Gasteiger partial charge in [-0.1, -0.05) is 56.3 Å². The molecule has 0 aliphatic heterocycles. The number of para-hydroxylation sites is 2. The number of carboxylic acid groups (broad SMARTS) is 2. The van der Waals surface area contributed by atoms with E-state index >= 15 is 0 Å². The molecule has 7 heteroatoms. The molecule has 2 aromatic carbocycles. The van der Waals surface area contributed by atoms with Crippen molar-refractivity contribution in [1.82, 2.24) is 0 Å².